The quantitative estimate of drug-likeness (QED) is 0.838. The number of carbonyl (C=O) groups excluding carboxylic acids is 1. The number of nitrogens with zero attached hydrogens (tertiary/aromatic N) is 3. The van der Waals surface area contributed by atoms with Crippen LogP contribution in [0.5, 0.6) is 0 Å². The third-order valence-corrected chi connectivity index (χ3v) is 4.35. The Bertz CT molecular complexity index is 534. The van der Waals surface area contributed by atoms with Gasteiger partial charge >= 0.3 is 0 Å². The molecule has 0 spiro atoms. The maximum Gasteiger partial charge on any atom is 0.217 e. The first-order chi connectivity index (χ1) is 10.0. The zero-order valence-corrected chi connectivity index (χ0v) is 13.1. The van der Waals surface area contributed by atoms with Crippen LogP contribution in [0.4, 0.5) is 5.82 Å². The van der Waals surface area contributed by atoms with E-state index in [0.29, 0.717) is 6.04 Å². The van der Waals surface area contributed by atoms with E-state index in [1.807, 2.05) is 11.7 Å². The van der Waals surface area contributed by atoms with Crippen LogP contribution in [-0.2, 0) is 18.4 Å². The SMILES string of the molecule is CC(=O)NC1CCN(c2c(CNC3CC3)c(C)nn2C)C1. The normalized spacial score (nSPS) is 21.9. The van der Waals surface area contributed by atoms with Gasteiger partial charge in [-0.2, -0.15) is 5.10 Å². The van der Waals surface area contributed by atoms with Crippen LogP contribution in [0.3, 0.4) is 0 Å². The molecule has 1 atom stereocenters. The molecule has 1 aliphatic carbocycles. The Morgan fingerprint density at radius 3 is 2.76 bits per heavy atom. The lowest BCUT2D eigenvalue weighted by Crippen LogP contribution is -2.36. The highest BCUT2D eigenvalue weighted by Crippen LogP contribution is 2.28. The first kappa shape index (κ1) is 14.4. The molecule has 1 aromatic heterocycles. The van der Waals surface area contributed by atoms with Gasteiger partial charge in [-0.1, -0.05) is 0 Å². The number of rotatable bonds is 5. The molecule has 3 rings (SSSR count). The van der Waals surface area contributed by atoms with Crippen molar-refractivity contribution in [3.8, 4) is 0 Å². The molecule has 0 aromatic carbocycles. The molecular formula is C15H25N5O. The Labute approximate surface area is 125 Å². The lowest BCUT2D eigenvalue weighted by molar-refractivity contribution is -0.119. The summed E-state index contributed by atoms with van der Waals surface area (Å²) in [5.41, 5.74) is 2.40. The van der Waals surface area contributed by atoms with Crippen molar-refractivity contribution in [3.05, 3.63) is 11.3 Å². The monoisotopic (exact) mass is 291 g/mol. The number of amides is 1. The lowest BCUT2D eigenvalue weighted by Gasteiger charge is -2.21. The summed E-state index contributed by atoms with van der Waals surface area (Å²) in [5.74, 6) is 1.26. The van der Waals surface area contributed by atoms with Crippen molar-refractivity contribution in [1.29, 1.82) is 0 Å². The molecule has 1 saturated heterocycles. The predicted octanol–water partition coefficient (Wildman–Crippen LogP) is 0.695. The van der Waals surface area contributed by atoms with E-state index in [0.717, 1.165) is 31.7 Å². The minimum atomic E-state index is 0.0543. The highest BCUT2D eigenvalue weighted by atomic mass is 16.1. The Kier molecular flexibility index (Phi) is 3.89. The number of carbonyl (C=O) groups is 1. The van der Waals surface area contributed by atoms with Gasteiger partial charge in [0.2, 0.25) is 5.91 Å². The molecular weight excluding hydrogens is 266 g/mol. The molecule has 1 unspecified atom stereocenters. The van der Waals surface area contributed by atoms with Gasteiger partial charge in [-0.05, 0) is 26.2 Å². The molecule has 1 saturated carbocycles. The van der Waals surface area contributed by atoms with Gasteiger partial charge in [-0.15, -0.1) is 0 Å². The predicted molar refractivity (Wildman–Crippen MR) is 82.2 cm³/mol. The van der Waals surface area contributed by atoms with E-state index in [-0.39, 0.29) is 11.9 Å². The Morgan fingerprint density at radius 2 is 2.10 bits per heavy atom. The maximum atomic E-state index is 11.2. The highest BCUT2D eigenvalue weighted by molar-refractivity contribution is 5.73. The van der Waals surface area contributed by atoms with Crippen molar-refractivity contribution in [2.75, 3.05) is 18.0 Å². The molecule has 0 radical (unpaired) electrons. The second-order valence-electron chi connectivity index (χ2n) is 6.30. The molecule has 2 fully saturated rings. The zero-order valence-electron chi connectivity index (χ0n) is 13.1. The second kappa shape index (κ2) is 5.67. The second-order valence-corrected chi connectivity index (χ2v) is 6.30. The van der Waals surface area contributed by atoms with Gasteiger partial charge in [0.1, 0.15) is 5.82 Å². The van der Waals surface area contributed by atoms with Crippen LogP contribution in [0, 0.1) is 6.92 Å². The number of anilines is 1. The maximum absolute atomic E-state index is 11.2. The van der Waals surface area contributed by atoms with E-state index in [2.05, 4.69) is 27.6 Å². The van der Waals surface area contributed by atoms with Gasteiger partial charge in [0.05, 0.1) is 5.69 Å². The van der Waals surface area contributed by atoms with Crippen LogP contribution in [0.1, 0.15) is 37.4 Å². The molecule has 21 heavy (non-hydrogen) atoms. The molecule has 6 nitrogen and oxygen atoms in total. The Hall–Kier alpha value is -1.56. The molecule has 2 aliphatic rings. The van der Waals surface area contributed by atoms with Crippen LogP contribution in [0.2, 0.25) is 0 Å². The summed E-state index contributed by atoms with van der Waals surface area (Å²) in [7, 11) is 2.01. The summed E-state index contributed by atoms with van der Waals surface area (Å²) in [4.78, 5) is 13.6. The number of nitrogens with one attached hydrogen (secondary N) is 2. The fourth-order valence-electron chi connectivity index (χ4n) is 3.18. The summed E-state index contributed by atoms with van der Waals surface area (Å²) in [6.45, 7) is 6.40. The van der Waals surface area contributed by atoms with Crippen LogP contribution in [0.25, 0.3) is 0 Å². The first-order valence-electron chi connectivity index (χ1n) is 7.82. The largest absolute Gasteiger partial charge is 0.354 e. The summed E-state index contributed by atoms with van der Waals surface area (Å²) in [5, 5.41) is 11.2. The van der Waals surface area contributed by atoms with Gasteiger partial charge in [0.15, 0.2) is 0 Å². The van der Waals surface area contributed by atoms with Gasteiger partial charge in [0, 0.05) is 51.3 Å². The molecule has 1 aliphatic heterocycles. The summed E-state index contributed by atoms with van der Waals surface area (Å²) in [6, 6.07) is 0.949. The van der Waals surface area contributed by atoms with Gasteiger partial charge in [-0.3, -0.25) is 9.48 Å². The number of aryl methyl sites for hydroxylation is 2. The average Bonchev–Trinajstić information content (AvgIpc) is 3.05. The molecule has 1 amide bonds. The fraction of sp³-hybridized carbons (Fsp3) is 0.733. The van der Waals surface area contributed by atoms with Crippen molar-refractivity contribution in [1.82, 2.24) is 20.4 Å². The van der Waals surface area contributed by atoms with Crippen molar-refractivity contribution >= 4 is 11.7 Å². The van der Waals surface area contributed by atoms with Gasteiger partial charge in [0.25, 0.3) is 0 Å². The Balaban J connectivity index is 1.73. The third-order valence-electron chi connectivity index (χ3n) is 4.35. The van der Waals surface area contributed by atoms with E-state index in [1.165, 1.54) is 24.2 Å². The fourth-order valence-corrected chi connectivity index (χ4v) is 3.18. The molecule has 6 heteroatoms. The highest BCUT2D eigenvalue weighted by Gasteiger charge is 2.29. The summed E-state index contributed by atoms with van der Waals surface area (Å²) < 4.78 is 1.98. The van der Waals surface area contributed by atoms with Crippen molar-refractivity contribution < 1.29 is 4.79 Å². The van der Waals surface area contributed by atoms with Crippen LogP contribution in [-0.4, -0.2) is 40.9 Å². The molecule has 116 valence electrons. The Morgan fingerprint density at radius 1 is 1.33 bits per heavy atom. The smallest absolute Gasteiger partial charge is 0.217 e. The molecule has 2 heterocycles. The topological polar surface area (TPSA) is 62.2 Å². The minimum Gasteiger partial charge on any atom is -0.354 e. The molecule has 0 bridgehead atoms. The zero-order chi connectivity index (χ0) is 15.0. The standard InChI is InChI=1S/C15H25N5O/c1-10-14(8-16-12-4-5-12)15(19(3)18-10)20-7-6-13(9-20)17-11(2)21/h12-13,16H,4-9H2,1-3H3,(H,17,21). The lowest BCUT2D eigenvalue weighted by atomic mass is 10.2. The number of hydrogen-bond donors (Lipinski definition) is 2. The van der Waals surface area contributed by atoms with E-state index in [4.69, 9.17) is 0 Å². The van der Waals surface area contributed by atoms with E-state index in [9.17, 15) is 4.79 Å². The first-order valence-corrected chi connectivity index (χ1v) is 7.82. The van der Waals surface area contributed by atoms with Crippen LogP contribution >= 0.6 is 0 Å². The molecule has 2 N–H and O–H groups in total. The number of aromatic nitrogens is 2. The third kappa shape index (κ3) is 3.20. The van der Waals surface area contributed by atoms with Crippen LogP contribution in [0.15, 0.2) is 0 Å². The molecule has 1 aromatic rings. The van der Waals surface area contributed by atoms with Crippen molar-refractivity contribution in [2.24, 2.45) is 7.05 Å². The average molecular weight is 291 g/mol. The van der Waals surface area contributed by atoms with Gasteiger partial charge < -0.3 is 15.5 Å². The summed E-state index contributed by atoms with van der Waals surface area (Å²) in [6.07, 6.45) is 3.59. The van der Waals surface area contributed by atoms with Crippen molar-refractivity contribution in [2.45, 2.75) is 51.7 Å². The van der Waals surface area contributed by atoms with Crippen LogP contribution < -0.4 is 15.5 Å². The van der Waals surface area contributed by atoms with E-state index < -0.39 is 0 Å². The minimum absolute atomic E-state index is 0.0543. The van der Waals surface area contributed by atoms with Gasteiger partial charge in [-0.25, -0.2) is 0 Å². The number of hydrogen-bond acceptors (Lipinski definition) is 4. The van der Waals surface area contributed by atoms with Crippen molar-refractivity contribution in [3.63, 3.8) is 0 Å². The van der Waals surface area contributed by atoms with E-state index >= 15 is 0 Å². The van der Waals surface area contributed by atoms with E-state index in [1.54, 1.807) is 6.92 Å². The summed E-state index contributed by atoms with van der Waals surface area (Å²) >= 11 is 0.